The van der Waals surface area contributed by atoms with Gasteiger partial charge in [-0.25, -0.2) is 4.79 Å². The molecule has 0 spiro atoms. The SMILES string of the molecule is CCOC(=O)N1CCc2cc(OC)c(OC)cc2[C@@H]1C[C@@H](O)c1ccc(OC)c(OC)c1. The monoisotopic (exact) mass is 445 g/mol. The number of ether oxygens (including phenoxy) is 5. The summed E-state index contributed by atoms with van der Waals surface area (Å²) in [7, 11) is 6.28. The number of nitrogens with zero attached hydrogens (tertiary/aromatic N) is 1. The summed E-state index contributed by atoms with van der Waals surface area (Å²) in [6, 6.07) is 8.71. The molecule has 0 unspecified atom stereocenters. The van der Waals surface area contributed by atoms with Gasteiger partial charge in [0, 0.05) is 13.0 Å². The number of aliphatic hydroxyl groups excluding tert-OH is 1. The Morgan fingerprint density at radius 2 is 1.62 bits per heavy atom. The minimum absolute atomic E-state index is 0.275. The molecule has 0 radical (unpaired) electrons. The first kappa shape index (κ1) is 23.5. The lowest BCUT2D eigenvalue weighted by atomic mass is 9.87. The van der Waals surface area contributed by atoms with Gasteiger partial charge in [0.2, 0.25) is 0 Å². The van der Waals surface area contributed by atoms with Crippen LogP contribution in [0, 0.1) is 0 Å². The molecule has 2 aromatic carbocycles. The van der Waals surface area contributed by atoms with E-state index in [9.17, 15) is 9.90 Å². The molecular weight excluding hydrogens is 414 g/mol. The van der Waals surface area contributed by atoms with Crippen molar-refractivity contribution in [2.75, 3.05) is 41.6 Å². The highest BCUT2D eigenvalue weighted by Crippen LogP contribution is 2.42. The van der Waals surface area contributed by atoms with E-state index in [2.05, 4.69) is 0 Å². The van der Waals surface area contributed by atoms with Gasteiger partial charge in [-0.15, -0.1) is 0 Å². The van der Waals surface area contributed by atoms with E-state index in [0.29, 0.717) is 41.5 Å². The van der Waals surface area contributed by atoms with Crippen molar-refractivity contribution in [1.29, 1.82) is 0 Å². The molecule has 0 aromatic heterocycles. The number of hydrogen-bond acceptors (Lipinski definition) is 7. The fraction of sp³-hybridized carbons (Fsp3) is 0.458. The summed E-state index contributed by atoms with van der Waals surface area (Å²) in [4.78, 5) is 14.4. The Kier molecular flexibility index (Phi) is 7.69. The maximum Gasteiger partial charge on any atom is 0.410 e. The minimum Gasteiger partial charge on any atom is -0.493 e. The molecule has 32 heavy (non-hydrogen) atoms. The van der Waals surface area contributed by atoms with Crippen LogP contribution in [0.25, 0.3) is 0 Å². The number of rotatable bonds is 8. The van der Waals surface area contributed by atoms with Crippen molar-refractivity contribution >= 4 is 6.09 Å². The van der Waals surface area contributed by atoms with E-state index in [1.165, 1.54) is 0 Å². The molecule has 1 aliphatic heterocycles. The predicted molar refractivity (Wildman–Crippen MR) is 119 cm³/mol. The summed E-state index contributed by atoms with van der Waals surface area (Å²) in [5.74, 6) is 2.32. The van der Waals surface area contributed by atoms with Gasteiger partial charge < -0.3 is 33.7 Å². The van der Waals surface area contributed by atoms with Crippen LogP contribution in [0.3, 0.4) is 0 Å². The third kappa shape index (κ3) is 4.70. The Hall–Kier alpha value is -3.13. The lowest BCUT2D eigenvalue weighted by Crippen LogP contribution is -2.41. The first-order valence-corrected chi connectivity index (χ1v) is 10.5. The van der Waals surface area contributed by atoms with Crippen molar-refractivity contribution in [2.24, 2.45) is 0 Å². The quantitative estimate of drug-likeness (QED) is 0.659. The second-order valence-corrected chi connectivity index (χ2v) is 7.43. The Labute approximate surface area is 188 Å². The van der Waals surface area contributed by atoms with Crippen LogP contribution in [0.1, 0.15) is 42.2 Å². The molecule has 0 fully saturated rings. The molecule has 8 nitrogen and oxygen atoms in total. The van der Waals surface area contributed by atoms with Crippen molar-refractivity contribution < 1.29 is 33.6 Å². The number of methoxy groups -OCH3 is 4. The molecule has 2 atom stereocenters. The van der Waals surface area contributed by atoms with E-state index >= 15 is 0 Å². The topological polar surface area (TPSA) is 86.7 Å². The zero-order chi connectivity index (χ0) is 23.3. The molecule has 8 heteroatoms. The van der Waals surface area contributed by atoms with Crippen LogP contribution in [0.5, 0.6) is 23.0 Å². The van der Waals surface area contributed by atoms with Gasteiger partial charge in [-0.1, -0.05) is 6.07 Å². The van der Waals surface area contributed by atoms with Gasteiger partial charge in [-0.05, 0) is 54.3 Å². The van der Waals surface area contributed by atoms with Crippen molar-refractivity contribution in [3.05, 3.63) is 47.0 Å². The van der Waals surface area contributed by atoms with Crippen LogP contribution in [-0.2, 0) is 11.2 Å². The normalized spacial score (nSPS) is 16.1. The maximum absolute atomic E-state index is 12.7. The van der Waals surface area contributed by atoms with E-state index in [-0.39, 0.29) is 13.0 Å². The van der Waals surface area contributed by atoms with Crippen LogP contribution < -0.4 is 18.9 Å². The number of fused-ring (bicyclic) bond motifs is 1. The van der Waals surface area contributed by atoms with Crippen molar-refractivity contribution in [3.63, 3.8) is 0 Å². The molecule has 2 aromatic rings. The van der Waals surface area contributed by atoms with Gasteiger partial charge in [0.05, 0.1) is 47.2 Å². The highest BCUT2D eigenvalue weighted by atomic mass is 16.6. The van der Waals surface area contributed by atoms with Crippen LogP contribution in [-0.4, -0.2) is 57.7 Å². The van der Waals surface area contributed by atoms with Crippen LogP contribution in [0.15, 0.2) is 30.3 Å². The summed E-state index contributed by atoms with van der Waals surface area (Å²) in [6.07, 6.45) is -0.331. The van der Waals surface area contributed by atoms with Gasteiger partial charge in [0.1, 0.15) is 0 Å². The molecule has 0 saturated carbocycles. The molecule has 0 aliphatic carbocycles. The molecule has 1 heterocycles. The van der Waals surface area contributed by atoms with E-state index in [1.54, 1.807) is 58.5 Å². The average molecular weight is 446 g/mol. The number of benzene rings is 2. The third-order valence-electron chi connectivity index (χ3n) is 5.74. The number of amides is 1. The molecule has 174 valence electrons. The smallest absolute Gasteiger partial charge is 0.410 e. The first-order chi connectivity index (χ1) is 15.5. The van der Waals surface area contributed by atoms with Crippen LogP contribution in [0.2, 0.25) is 0 Å². The lowest BCUT2D eigenvalue weighted by molar-refractivity contribution is 0.0643. The van der Waals surface area contributed by atoms with Crippen molar-refractivity contribution in [1.82, 2.24) is 4.90 Å². The first-order valence-electron chi connectivity index (χ1n) is 10.5. The van der Waals surface area contributed by atoms with Crippen LogP contribution >= 0.6 is 0 Å². The molecule has 1 N–H and O–H groups in total. The minimum atomic E-state index is -0.851. The molecule has 1 aliphatic rings. The summed E-state index contributed by atoms with van der Waals surface area (Å²) in [6.45, 7) is 2.53. The highest BCUT2D eigenvalue weighted by Gasteiger charge is 2.34. The highest BCUT2D eigenvalue weighted by molar-refractivity contribution is 5.69. The molecular formula is C24H31NO7. The number of carbonyl (C=O) groups excluding carboxylic acids is 1. The number of hydrogen-bond donors (Lipinski definition) is 1. The van der Waals surface area contributed by atoms with Crippen molar-refractivity contribution in [2.45, 2.75) is 31.9 Å². The van der Waals surface area contributed by atoms with Crippen molar-refractivity contribution in [3.8, 4) is 23.0 Å². The van der Waals surface area contributed by atoms with Gasteiger partial charge >= 0.3 is 6.09 Å². The fourth-order valence-corrected chi connectivity index (χ4v) is 4.11. The Bertz CT molecular complexity index is 946. The Morgan fingerprint density at radius 1 is 1.00 bits per heavy atom. The van der Waals surface area contributed by atoms with Gasteiger partial charge in [0.25, 0.3) is 0 Å². The predicted octanol–water partition coefficient (Wildman–Crippen LogP) is 3.90. The fourth-order valence-electron chi connectivity index (χ4n) is 4.11. The van der Waals surface area contributed by atoms with E-state index < -0.39 is 18.2 Å². The molecule has 0 bridgehead atoms. The zero-order valence-corrected chi connectivity index (χ0v) is 19.2. The van der Waals surface area contributed by atoms with Crippen LogP contribution in [0.4, 0.5) is 4.79 Å². The summed E-state index contributed by atoms with van der Waals surface area (Å²) in [5.41, 5.74) is 2.62. The summed E-state index contributed by atoms with van der Waals surface area (Å²) in [5, 5.41) is 11.1. The van der Waals surface area contributed by atoms with E-state index in [4.69, 9.17) is 23.7 Å². The lowest BCUT2D eigenvalue weighted by Gasteiger charge is -2.38. The Morgan fingerprint density at radius 3 is 2.25 bits per heavy atom. The average Bonchev–Trinajstić information content (AvgIpc) is 2.82. The third-order valence-corrected chi connectivity index (χ3v) is 5.74. The second-order valence-electron chi connectivity index (χ2n) is 7.43. The summed E-state index contributed by atoms with van der Waals surface area (Å²) >= 11 is 0. The van der Waals surface area contributed by atoms with Gasteiger partial charge in [0.15, 0.2) is 23.0 Å². The number of carbonyl (C=O) groups is 1. The molecule has 3 rings (SSSR count). The van der Waals surface area contributed by atoms with E-state index in [0.717, 1.165) is 11.1 Å². The van der Waals surface area contributed by atoms with E-state index in [1.807, 2.05) is 12.1 Å². The summed E-state index contributed by atoms with van der Waals surface area (Å²) < 4.78 is 26.9. The second kappa shape index (κ2) is 10.5. The molecule has 1 amide bonds. The van der Waals surface area contributed by atoms with Gasteiger partial charge in [-0.2, -0.15) is 0 Å². The zero-order valence-electron chi connectivity index (χ0n) is 19.2. The van der Waals surface area contributed by atoms with Gasteiger partial charge in [-0.3, -0.25) is 0 Å². The Balaban J connectivity index is 1.99. The molecule has 0 saturated heterocycles. The number of aliphatic hydroxyl groups is 1. The standard InChI is InChI=1S/C24H31NO7/c1-6-32-24(27)25-10-9-15-11-22(30-4)23(31-5)13-17(15)18(25)14-19(26)16-7-8-20(28-2)21(12-16)29-3/h7-8,11-13,18-19,26H,6,9-10,14H2,1-5H3/t18-,19+/m0/s1. The maximum atomic E-state index is 12.7. The largest absolute Gasteiger partial charge is 0.493 e.